The van der Waals surface area contributed by atoms with E-state index < -0.39 is 0 Å². The highest BCUT2D eigenvalue weighted by Crippen LogP contribution is 2.29. The Hall–Kier alpha value is -3.64. The number of anilines is 3. The lowest BCUT2D eigenvalue weighted by atomic mass is 10.1. The summed E-state index contributed by atoms with van der Waals surface area (Å²) < 4.78 is 7.52. The normalized spacial score (nSPS) is 14.8. The molecule has 1 saturated heterocycles. The van der Waals surface area contributed by atoms with Crippen LogP contribution in [0.4, 0.5) is 17.3 Å². The third-order valence-electron chi connectivity index (χ3n) is 5.15. The van der Waals surface area contributed by atoms with Gasteiger partial charge in [0, 0.05) is 17.8 Å². The van der Waals surface area contributed by atoms with Crippen molar-refractivity contribution in [2.24, 2.45) is 0 Å². The molecule has 154 valence electrons. The predicted molar refractivity (Wildman–Crippen MR) is 114 cm³/mol. The zero-order chi connectivity index (χ0) is 20.9. The quantitative estimate of drug-likeness (QED) is 0.646. The Morgan fingerprint density at radius 3 is 2.67 bits per heavy atom. The molecule has 1 fully saturated rings. The van der Waals surface area contributed by atoms with Crippen LogP contribution in [0.25, 0.3) is 5.69 Å². The van der Waals surface area contributed by atoms with Crippen LogP contribution in [-0.4, -0.2) is 57.7 Å². The van der Waals surface area contributed by atoms with Gasteiger partial charge in [0.05, 0.1) is 31.4 Å². The molecular weight excluding hydrogens is 380 g/mol. The molecule has 0 spiro atoms. The molecule has 0 atom stereocenters. The number of aromatic nitrogens is 4. The second-order valence-electron chi connectivity index (χ2n) is 7.30. The van der Waals surface area contributed by atoms with Crippen molar-refractivity contribution in [3.8, 4) is 17.5 Å². The zero-order valence-electron chi connectivity index (χ0n) is 17.0. The Labute approximate surface area is 175 Å². The van der Waals surface area contributed by atoms with E-state index in [1.165, 1.54) is 12.4 Å². The number of ether oxygens (including phenoxy) is 1. The number of nitrogens with zero attached hydrogens (tertiary/aromatic N) is 6. The van der Waals surface area contributed by atoms with Gasteiger partial charge < -0.3 is 24.8 Å². The van der Waals surface area contributed by atoms with Gasteiger partial charge in [-0.3, -0.25) is 0 Å². The lowest BCUT2D eigenvalue weighted by Gasteiger charge is -2.30. The van der Waals surface area contributed by atoms with Crippen LogP contribution in [0.1, 0.15) is 18.5 Å². The Bertz CT molecular complexity index is 1030. The lowest BCUT2D eigenvalue weighted by Crippen LogP contribution is -2.36. The van der Waals surface area contributed by atoms with Crippen molar-refractivity contribution in [1.82, 2.24) is 24.4 Å². The Morgan fingerprint density at radius 1 is 1.13 bits per heavy atom. The Kier molecular flexibility index (Phi) is 5.77. The molecule has 1 aliphatic heterocycles. The third-order valence-corrected chi connectivity index (χ3v) is 5.15. The minimum absolute atomic E-state index is 0.268. The van der Waals surface area contributed by atoms with Gasteiger partial charge in [-0.2, -0.15) is 5.26 Å². The molecule has 0 amide bonds. The van der Waals surface area contributed by atoms with Crippen LogP contribution in [0, 0.1) is 11.3 Å². The molecule has 0 saturated carbocycles. The summed E-state index contributed by atoms with van der Waals surface area (Å²) in [7, 11) is 3.83. The molecule has 0 radical (unpaired) electrons. The van der Waals surface area contributed by atoms with Gasteiger partial charge in [0.1, 0.15) is 29.8 Å². The first-order chi connectivity index (χ1) is 14.6. The number of methoxy groups -OCH3 is 1. The predicted octanol–water partition coefficient (Wildman–Crippen LogP) is 2.79. The zero-order valence-corrected chi connectivity index (χ0v) is 17.0. The Morgan fingerprint density at radius 2 is 1.97 bits per heavy atom. The van der Waals surface area contributed by atoms with Crippen molar-refractivity contribution in [3.05, 3.63) is 48.8 Å². The highest BCUT2D eigenvalue weighted by Gasteiger charge is 2.17. The second-order valence-corrected chi connectivity index (χ2v) is 7.30. The van der Waals surface area contributed by atoms with Crippen LogP contribution in [0.3, 0.4) is 0 Å². The van der Waals surface area contributed by atoms with Crippen LogP contribution in [0.2, 0.25) is 0 Å². The summed E-state index contributed by atoms with van der Waals surface area (Å²) in [5.74, 6) is 1.89. The minimum atomic E-state index is 0.268. The van der Waals surface area contributed by atoms with Crippen molar-refractivity contribution in [1.29, 1.82) is 5.26 Å². The first-order valence-corrected chi connectivity index (χ1v) is 9.81. The molecule has 30 heavy (non-hydrogen) atoms. The maximum absolute atomic E-state index is 8.81. The van der Waals surface area contributed by atoms with E-state index in [9.17, 15) is 0 Å². The largest absolute Gasteiger partial charge is 0.494 e. The van der Waals surface area contributed by atoms with Gasteiger partial charge >= 0.3 is 0 Å². The Balaban J connectivity index is 1.47. The summed E-state index contributed by atoms with van der Waals surface area (Å²) >= 11 is 0. The van der Waals surface area contributed by atoms with Gasteiger partial charge in [0.2, 0.25) is 0 Å². The topological polar surface area (TPSA) is 104 Å². The van der Waals surface area contributed by atoms with Gasteiger partial charge in [-0.25, -0.2) is 15.0 Å². The summed E-state index contributed by atoms with van der Waals surface area (Å²) in [5.41, 5.74) is 2.21. The van der Waals surface area contributed by atoms with Crippen LogP contribution in [0.5, 0.6) is 5.75 Å². The molecule has 2 N–H and O–H groups in total. The van der Waals surface area contributed by atoms with Crippen LogP contribution in [-0.2, 0) is 0 Å². The highest BCUT2D eigenvalue weighted by molar-refractivity contribution is 5.59. The van der Waals surface area contributed by atoms with E-state index in [2.05, 4.69) is 43.6 Å². The lowest BCUT2D eigenvalue weighted by molar-refractivity contribution is 0.264. The average molecular weight is 404 g/mol. The molecule has 0 unspecified atom stereocenters. The number of nitriles is 1. The number of imidazole rings is 1. The number of hydrogen-bond donors (Lipinski definition) is 2. The van der Waals surface area contributed by atoms with Gasteiger partial charge in [0.25, 0.3) is 0 Å². The van der Waals surface area contributed by atoms with Crippen molar-refractivity contribution >= 4 is 17.3 Å². The maximum atomic E-state index is 8.81. The van der Waals surface area contributed by atoms with Gasteiger partial charge in [0.15, 0.2) is 5.69 Å². The number of piperidine rings is 1. The van der Waals surface area contributed by atoms with E-state index >= 15 is 0 Å². The summed E-state index contributed by atoms with van der Waals surface area (Å²) in [6, 6.07) is 8.53. The molecule has 3 aromatic rings. The second kappa shape index (κ2) is 8.80. The molecule has 1 aromatic carbocycles. The standard InChI is InChI=1S/C21H24N8O/c1-28-7-5-15(6-8-28)26-16-3-4-18(19(9-16)30-2)29-13-21(25-14-29)27-20-12-23-17(10-22)11-24-20/h3-4,9,11-15,26H,5-8H2,1-2H3,(H,24,27). The third kappa shape index (κ3) is 4.50. The fourth-order valence-corrected chi connectivity index (χ4v) is 3.47. The van der Waals surface area contributed by atoms with Crippen molar-refractivity contribution in [3.63, 3.8) is 0 Å². The van der Waals surface area contributed by atoms with Gasteiger partial charge in [-0.05, 0) is 45.1 Å². The first kappa shape index (κ1) is 19.7. The fraction of sp³-hybridized carbons (Fsp3) is 0.333. The van der Waals surface area contributed by atoms with Crippen LogP contribution in [0.15, 0.2) is 43.1 Å². The highest BCUT2D eigenvalue weighted by atomic mass is 16.5. The smallest absolute Gasteiger partial charge is 0.158 e. The molecular formula is C21H24N8O. The number of rotatable bonds is 6. The molecule has 9 nitrogen and oxygen atoms in total. The van der Waals surface area contributed by atoms with E-state index in [4.69, 9.17) is 10.00 Å². The summed E-state index contributed by atoms with van der Waals surface area (Å²) in [6.45, 7) is 2.22. The SMILES string of the molecule is COc1cc(NC2CCN(C)CC2)ccc1-n1cnc(Nc2cnc(C#N)cn2)c1. The van der Waals surface area contributed by atoms with Gasteiger partial charge in [-0.15, -0.1) is 0 Å². The molecule has 9 heteroatoms. The van der Waals surface area contributed by atoms with E-state index in [1.54, 1.807) is 13.4 Å². The van der Waals surface area contributed by atoms with E-state index in [0.29, 0.717) is 17.7 Å². The van der Waals surface area contributed by atoms with Crippen molar-refractivity contribution in [2.75, 3.05) is 37.9 Å². The molecule has 1 aliphatic rings. The van der Waals surface area contributed by atoms with Crippen molar-refractivity contribution in [2.45, 2.75) is 18.9 Å². The number of hydrogen-bond acceptors (Lipinski definition) is 8. The van der Waals surface area contributed by atoms with E-state index in [0.717, 1.165) is 43.1 Å². The molecule has 2 aromatic heterocycles. The van der Waals surface area contributed by atoms with E-state index in [-0.39, 0.29) is 5.69 Å². The fourth-order valence-electron chi connectivity index (χ4n) is 3.47. The average Bonchev–Trinajstić information content (AvgIpc) is 3.24. The van der Waals surface area contributed by atoms with Crippen LogP contribution >= 0.6 is 0 Å². The molecule has 0 bridgehead atoms. The maximum Gasteiger partial charge on any atom is 0.158 e. The molecule has 0 aliphatic carbocycles. The molecule has 3 heterocycles. The summed E-state index contributed by atoms with van der Waals surface area (Å²) in [4.78, 5) is 14.9. The number of likely N-dealkylation sites (tertiary alicyclic amines) is 1. The minimum Gasteiger partial charge on any atom is -0.494 e. The molecule has 4 rings (SSSR count). The van der Waals surface area contributed by atoms with Crippen LogP contribution < -0.4 is 15.4 Å². The monoisotopic (exact) mass is 404 g/mol. The van der Waals surface area contributed by atoms with Crippen molar-refractivity contribution < 1.29 is 4.74 Å². The number of benzene rings is 1. The van der Waals surface area contributed by atoms with Gasteiger partial charge in [-0.1, -0.05) is 0 Å². The van der Waals surface area contributed by atoms with E-state index in [1.807, 2.05) is 29.0 Å². The number of nitrogens with one attached hydrogen (secondary N) is 2. The summed E-state index contributed by atoms with van der Waals surface area (Å²) in [5, 5.41) is 15.5. The summed E-state index contributed by atoms with van der Waals surface area (Å²) in [6.07, 6.45) is 8.74. The first-order valence-electron chi connectivity index (χ1n) is 9.81.